The second kappa shape index (κ2) is 7.59. The highest BCUT2D eigenvalue weighted by molar-refractivity contribution is 5.94. The summed E-state index contributed by atoms with van der Waals surface area (Å²) in [6.07, 6.45) is 3.49. The lowest BCUT2D eigenvalue weighted by Crippen LogP contribution is -2.58. The third-order valence-corrected chi connectivity index (χ3v) is 4.79. The highest BCUT2D eigenvalue weighted by Crippen LogP contribution is 2.19. The van der Waals surface area contributed by atoms with E-state index in [4.69, 9.17) is 4.74 Å². The summed E-state index contributed by atoms with van der Waals surface area (Å²) in [5.41, 5.74) is 1.90. The normalized spacial score (nSPS) is 17.7. The van der Waals surface area contributed by atoms with Crippen molar-refractivity contribution < 1.29 is 14.3 Å². The first-order valence-corrected chi connectivity index (χ1v) is 8.73. The molecule has 0 N–H and O–H groups in total. The van der Waals surface area contributed by atoms with Crippen LogP contribution in [0.15, 0.2) is 36.8 Å². The molecule has 1 aliphatic rings. The van der Waals surface area contributed by atoms with Crippen molar-refractivity contribution in [1.82, 2.24) is 19.4 Å². The van der Waals surface area contributed by atoms with Gasteiger partial charge >= 0.3 is 0 Å². The molecular weight excluding hydrogens is 332 g/mol. The largest absolute Gasteiger partial charge is 0.497 e. The van der Waals surface area contributed by atoms with Crippen LogP contribution >= 0.6 is 0 Å². The number of aromatic nitrogens is 2. The highest BCUT2D eigenvalue weighted by atomic mass is 16.5. The zero-order valence-electron chi connectivity index (χ0n) is 15.4. The average molecular weight is 356 g/mol. The average Bonchev–Trinajstić information content (AvgIpc) is 3.11. The van der Waals surface area contributed by atoms with Crippen molar-refractivity contribution in [3.63, 3.8) is 0 Å². The lowest BCUT2D eigenvalue weighted by Gasteiger charge is -2.38. The third kappa shape index (κ3) is 3.56. The van der Waals surface area contributed by atoms with Crippen LogP contribution in [-0.4, -0.2) is 50.9 Å². The van der Waals surface area contributed by atoms with Gasteiger partial charge in [0, 0.05) is 19.3 Å². The Labute approximate surface area is 153 Å². The number of aryl methyl sites for hydroxylation is 1. The van der Waals surface area contributed by atoms with Crippen molar-refractivity contribution in [3.8, 4) is 5.75 Å². The van der Waals surface area contributed by atoms with Gasteiger partial charge in [0.05, 0.1) is 25.7 Å². The second-order valence-electron chi connectivity index (χ2n) is 6.41. The van der Waals surface area contributed by atoms with Crippen LogP contribution in [0.1, 0.15) is 25.1 Å². The van der Waals surface area contributed by atoms with Crippen LogP contribution in [0, 0.1) is 0 Å². The molecule has 1 atom stereocenters. The molecule has 0 spiro atoms. The number of rotatable bonds is 6. The molecule has 1 saturated heterocycles. The smallest absolute Gasteiger partial charge is 0.245 e. The fourth-order valence-corrected chi connectivity index (χ4v) is 3.19. The van der Waals surface area contributed by atoms with Gasteiger partial charge in [0.15, 0.2) is 0 Å². The first-order valence-electron chi connectivity index (χ1n) is 8.73. The Kier molecular flexibility index (Phi) is 5.25. The molecule has 7 nitrogen and oxygen atoms in total. The minimum Gasteiger partial charge on any atom is -0.497 e. The van der Waals surface area contributed by atoms with E-state index in [2.05, 4.69) is 4.98 Å². The molecule has 0 radical (unpaired) electrons. The van der Waals surface area contributed by atoms with Crippen molar-refractivity contribution in [2.45, 2.75) is 39.5 Å². The Morgan fingerprint density at radius 3 is 2.58 bits per heavy atom. The van der Waals surface area contributed by atoms with Crippen molar-refractivity contribution >= 4 is 11.8 Å². The summed E-state index contributed by atoms with van der Waals surface area (Å²) in [6.45, 7) is 5.50. The number of ether oxygens (including phenoxy) is 1. The number of piperazine rings is 1. The van der Waals surface area contributed by atoms with E-state index in [9.17, 15) is 9.59 Å². The Bertz CT molecular complexity index is 784. The predicted octanol–water partition coefficient (Wildman–Crippen LogP) is 1.67. The van der Waals surface area contributed by atoms with Crippen LogP contribution in [-0.2, 0) is 29.2 Å². The molecule has 2 heterocycles. The van der Waals surface area contributed by atoms with Crippen molar-refractivity contribution in [2.75, 3.05) is 13.7 Å². The van der Waals surface area contributed by atoms with Crippen molar-refractivity contribution in [1.29, 1.82) is 0 Å². The molecule has 1 aliphatic heterocycles. The molecule has 0 unspecified atom stereocenters. The molecule has 2 amide bonds. The Hall–Kier alpha value is -2.83. The number of hydrogen-bond donors (Lipinski definition) is 0. The van der Waals surface area contributed by atoms with Gasteiger partial charge in [-0.15, -0.1) is 0 Å². The maximum atomic E-state index is 12.8. The predicted molar refractivity (Wildman–Crippen MR) is 96.3 cm³/mol. The number of carbonyl (C=O) groups excluding carboxylic acids is 2. The molecule has 3 rings (SSSR count). The Morgan fingerprint density at radius 1 is 1.19 bits per heavy atom. The molecule has 1 aromatic heterocycles. The van der Waals surface area contributed by atoms with Gasteiger partial charge in [0.25, 0.3) is 0 Å². The number of amides is 2. The minimum atomic E-state index is -0.491. The van der Waals surface area contributed by atoms with E-state index in [-0.39, 0.29) is 18.4 Å². The topological polar surface area (TPSA) is 67.7 Å². The van der Waals surface area contributed by atoms with Gasteiger partial charge in [-0.3, -0.25) is 9.59 Å². The molecule has 2 aromatic rings. The lowest BCUT2D eigenvalue weighted by atomic mass is 10.1. The van der Waals surface area contributed by atoms with Gasteiger partial charge in [-0.25, -0.2) is 4.98 Å². The summed E-state index contributed by atoms with van der Waals surface area (Å²) in [5.74, 6) is 0.680. The summed E-state index contributed by atoms with van der Waals surface area (Å²) < 4.78 is 7.13. The van der Waals surface area contributed by atoms with E-state index in [0.717, 1.165) is 23.6 Å². The van der Waals surface area contributed by atoms with Gasteiger partial charge in [-0.2, -0.15) is 0 Å². The lowest BCUT2D eigenvalue weighted by molar-refractivity contribution is -0.156. The second-order valence-corrected chi connectivity index (χ2v) is 6.41. The fraction of sp³-hybridized carbons (Fsp3) is 0.421. The maximum Gasteiger partial charge on any atom is 0.245 e. The zero-order valence-corrected chi connectivity index (χ0v) is 15.4. The first-order chi connectivity index (χ1) is 12.5. The minimum absolute atomic E-state index is 0.0389. The summed E-state index contributed by atoms with van der Waals surface area (Å²) in [5, 5.41) is 0. The number of benzene rings is 1. The van der Waals surface area contributed by atoms with Gasteiger partial charge in [0.1, 0.15) is 18.3 Å². The Morgan fingerprint density at radius 2 is 1.92 bits per heavy atom. The first kappa shape index (κ1) is 18.0. The summed E-state index contributed by atoms with van der Waals surface area (Å²) >= 11 is 0. The van der Waals surface area contributed by atoms with Crippen LogP contribution in [0.5, 0.6) is 5.75 Å². The summed E-state index contributed by atoms with van der Waals surface area (Å²) in [4.78, 5) is 32.8. The number of hydrogen-bond acceptors (Lipinski definition) is 4. The van der Waals surface area contributed by atoms with E-state index in [1.54, 1.807) is 36.4 Å². The van der Waals surface area contributed by atoms with E-state index >= 15 is 0 Å². The van der Waals surface area contributed by atoms with Crippen LogP contribution in [0.25, 0.3) is 0 Å². The van der Waals surface area contributed by atoms with Gasteiger partial charge in [0.2, 0.25) is 11.8 Å². The standard InChI is InChI=1S/C19H24N4O3/c1-4-21-13-20-9-16(21)11-23-14(2)19(25)22(12-18(23)24)10-15-5-7-17(26-3)8-6-15/h5-9,13-14H,4,10-12H2,1-3H3/t14-/m0/s1. The quantitative estimate of drug-likeness (QED) is 0.790. The molecule has 7 heteroatoms. The van der Waals surface area contributed by atoms with Crippen molar-refractivity contribution in [3.05, 3.63) is 48.0 Å². The molecular formula is C19H24N4O3. The number of carbonyl (C=O) groups is 2. The van der Waals surface area contributed by atoms with E-state index in [1.807, 2.05) is 35.8 Å². The van der Waals surface area contributed by atoms with Crippen LogP contribution in [0.4, 0.5) is 0 Å². The number of imidazole rings is 1. The number of methoxy groups -OCH3 is 1. The zero-order chi connectivity index (χ0) is 18.7. The van der Waals surface area contributed by atoms with Gasteiger partial charge in [-0.1, -0.05) is 12.1 Å². The van der Waals surface area contributed by atoms with E-state index < -0.39 is 6.04 Å². The molecule has 0 saturated carbocycles. The van der Waals surface area contributed by atoms with Crippen LogP contribution < -0.4 is 4.74 Å². The van der Waals surface area contributed by atoms with Crippen molar-refractivity contribution in [2.24, 2.45) is 0 Å². The highest BCUT2D eigenvalue weighted by Gasteiger charge is 2.36. The molecule has 138 valence electrons. The SMILES string of the molecule is CCn1cncc1CN1C(=O)CN(Cc2ccc(OC)cc2)C(=O)[C@@H]1C. The molecule has 0 aliphatic carbocycles. The third-order valence-electron chi connectivity index (χ3n) is 4.79. The van der Waals surface area contributed by atoms with Crippen LogP contribution in [0.2, 0.25) is 0 Å². The number of nitrogens with zero attached hydrogens (tertiary/aromatic N) is 4. The van der Waals surface area contributed by atoms with Gasteiger partial charge < -0.3 is 19.1 Å². The summed E-state index contributed by atoms with van der Waals surface area (Å²) in [7, 11) is 1.61. The maximum absolute atomic E-state index is 12.8. The summed E-state index contributed by atoms with van der Waals surface area (Å²) in [6, 6.07) is 7.04. The van der Waals surface area contributed by atoms with Gasteiger partial charge in [-0.05, 0) is 31.5 Å². The molecule has 26 heavy (non-hydrogen) atoms. The molecule has 0 bridgehead atoms. The Balaban J connectivity index is 1.70. The van der Waals surface area contributed by atoms with Crippen LogP contribution in [0.3, 0.4) is 0 Å². The van der Waals surface area contributed by atoms with E-state index in [0.29, 0.717) is 13.1 Å². The molecule has 1 aromatic carbocycles. The monoisotopic (exact) mass is 356 g/mol. The fourth-order valence-electron chi connectivity index (χ4n) is 3.19. The van der Waals surface area contributed by atoms with E-state index in [1.165, 1.54) is 0 Å². The molecule has 1 fully saturated rings.